The molecule has 0 heterocycles. The SMILES string of the molecule is CCOc1ccc(C(N)c2cc(Br)ccc2I)cc1Br. The van der Waals surface area contributed by atoms with Gasteiger partial charge in [0, 0.05) is 8.04 Å². The first-order valence-corrected chi connectivity index (χ1v) is 8.82. The Balaban J connectivity index is 2.35. The summed E-state index contributed by atoms with van der Waals surface area (Å²) in [6, 6.07) is 12.0. The Labute approximate surface area is 149 Å². The third-order valence-electron chi connectivity index (χ3n) is 2.91. The highest BCUT2D eigenvalue weighted by molar-refractivity contribution is 14.1. The molecule has 20 heavy (non-hydrogen) atoms. The van der Waals surface area contributed by atoms with E-state index in [4.69, 9.17) is 10.5 Å². The zero-order valence-corrected chi connectivity index (χ0v) is 16.2. The van der Waals surface area contributed by atoms with Crippen LogP contribution < -0.4 is 10.5 Å². The van der Waals surface area contributed by atoms with Crippen LogP contribution >= 0.6 is 54.5 Å². The summed E-state index contributed by atoms with van der Waals surface area (Å²) in [5.41, 5.74) is 8.55. The van der Waals surface area contributed by atoms with Crippen LogP contribution in [0.5, 0.6) is 5.75 Å². The van der Waals surface area contributed by atoms with E-state index in [0.717, 1.165) is 29.4 Å². The Morgan fingerprint density at radius 3 is 2.60 bits per heavy atom. The molecule has 5 heteroatoms. The van der Waals surface area contributed by atoms with E-state index in [-0.39, 0.29) is 6.04 Å². The van der Waals surface area contributed by atoms with E-state index < -0.39 is 0 Å². The maximum atomic E-state index is 6.39. The summed E-state index contributed by atoms with van der Waals surface area (Å²) >= 11 is 9.34. The average molecular weight is 511 g/mol. The van der Waals surface area contributed by atoms with Gasteiger partial charge in [0.25, 0.3) is 0 Å². The van der Waals surface area contributed by atoms with Crippen LogP contribution in [0.15, 0.2) is 45.3 Å². The number of benzene rings is 2. The number of nitrogens with two attached hydrogens (primary N) is 1. The van der Waals surface area contributed by atoms with Crippen LogP contribution in [0.25, 0.3) is 0 Å². The lowest BCUT2D eigenvalue weighted by Crippen LogP contribution is -2.13. The minimum Gasteiger partial charge on any atom is -0.493 e. The molecule has 0 aliphatic heterocycles. The molecule has 106 valence electrons. The van der Waals surface area contributed by atoms with Gasteiger partial charge in [-0.15, -0.1) is 0 Å². The van der Waals surface area contributed by atoms with Gasteiger partial charge in [-0.05, 0) is 86.9 Å². The molecule has 1 atom stereocenters. The molecular weight excluding hydrogens is 497 g/mol. The molecule has 0 aromatic heterocycles. The summed E-state index contributed by atoms with van der Waals surface area (Å²) < 4.78 is 8.64. The zero-order chi connectivity index (χ0) is 14.7. The highest BCUT2D eigenvalue weighted by Gasteiger charge is 2.14. The van der Waals surface area contributed by atoms with Gasteiger partial charge < -0.3 is 10.5 Å². The van der Waals surface area contributed by atoms with E-state index in [2.05, 4.69) is 66.6 Å². The summed E-state index contributed by atoms with van der Waals surface area (Å²) in [4.78, 5) is 0. The second-order valence-corrected chi connectivity index (χ2v) is 7.20. The molecule has 2 aromatic carbocycles. The van der Waals surface area contributed by atoms with Crippen molar-refractivity contribution < 1.29 is 4.74 Å². The summed E-state index contributed by atoms with van der Waals surface area (Å²) in [6.07, 6.45) is 0. The van der Waals surface area contributed by atoms with Gasteiger partial charge in [-0.2, -0.15) is 0 Å². The second kappa shape index (κ2) is 7.24. The van der Waals surface area contributed by atoms with Gasteiger partial charge in [0.2, 0.25) is 0 Å². The fourth-order valence-electron chi connectivity index (χ4n) is 1.92. The molecule has 0 aliphatic rings. The molecule has 2 nitrogen and oxygen atoms in total. The largest absolute Gasteiger partial charge is 0.493 e. The third kappa shape index (κ3) is 3.75. The predicted octanol–water partition coefficient (Wildman–Crippen LogP) is 5.26. The van der Waals surface area contributed by atoms with Gasteiger partial charge in [-0.25, -0.2) is 0 Å². The van der Waals surface area contributed by atoms with Gasteiger partial charge in [0.05, 0.1) is 17.1 Å². The first-order valence-electron chi connectivity index (χ1n) is 6.15. The van der Waals surface area contributed by atoms with Gasteiger partial charge in [0.15, 0.2) is 0 Å². The summed E-state index contributed by atoms with van der Waals surface area (Å²) in [6.45, 7) is 2.61. The van der Waals surface area contributed by atoms with Gasteiger partial charge in [-0.1, -0.05) is 22.0 Å². The highest BCUT2D eigenvalue weighted by Crippen LogP contribution is 2.32. The van der Waals surface area contributed by atoms with Crippen molar-refractivity contribution in [1.82, 2.24) is 0 Å². The molecule has 0 aliphatic carbocycles. The molecule has 0 fully saturated rings. The maximum Gasteiger partial charge on any atom is 0.133 e. The molecule has 0 radical (unpaired) electrons. The van der Waals surface area contributed by atoms with Crippen molar-refractivity contribution in [2.24, 2.45) is 5.73 Å². The lowest BCUT2D eigenvalue weighted by atomic mass is 10.00. The Bertz CT molecular complexity index is 619. The predicted molar refractivity (Wildman–Crippen MR) is 98.2 cm³/mol. The normalized spacial score (nSPS) is 12.2. The van der Waals surface area contributed by atoms with Crippen molar-refractivity contribution in [3.05, 3.63) is 60.0 Å². The number of ether oxygens (including phenoxy) is 1. The van der Waals surface area contributed by atoms with E-state index in [1.165, 1.54) is 0 Å². The summed E-state index contributed by atoms with van der Waals surface area (Å²) in [5, 5.41) is 0. The minimum absolute atomic E-state index is 0.161. The maximum absolute atomic E-state index is 6.39. The van der Waals surface area contributed by atoms with Crippen molar-refractivity contribution >= 4 is 54.5 Å². The summed E-state index contributed by atoms with van der Waals surface area (Å²) in [7, 11) is 0. The van der Waals surface area contributed by atoms with Crippen LogP contribution in [0.2, 0.25) is 0 Å². The van der Waals surface area contributed by atoms with Crippen LogP contribution in [-0.4, -0.2) is 6.61 Å². The number of hydrogen-bond donors (Lipinski definition) is 1. The molecule has 1 unspecified atom stereocenters. The Hall–Kier alpha value is -0.110. The monoisotopic (exact) mass is 509 g/mol. The first kappa shape index (κ1) is 16.3. The van der Waals surface area contributed by atoms with Crippen molar-refractivity contribution in [2.45, 2.75) is 13.0 Å². The molecule has 0 saturated carbocycles. The fourth-order valence-corrected chi connectivity index (χ4v) is 3.48. The van der Waals surface area contributed by atoms with E-state index in [1.807, 2.05) is 31.2 Å². The zero-order valence-electron chi connectivity index (χ0n) is 10.9. The fraction of sp³-hybridized carbons (Fsp3) is 0.200. The van der Waals surface area contributed by atoms with Crippen LogP contribution in [0, 0.1) is 3.57 Å². The van der Waals surface area contributed by atoms with Crippen LogP contribution in [0.4, 0.5) is 0 Å². The molecule has 0 amide bonds. The topological polar surface area (TPSA) is 35.2 Å². The molecule has 0 bridgehead atoms. The van der Waals surface area contributed by atoms with Gasteiger partial charge >= 0.3 is 0 Å². The first-order chi connectivity index (χ1) is 9.52. The Kier molecular flexibility index (Phi) is 5.89. The molecule has 2 rings (SSSR count). The van der Waals surface area contributed by atoms with Crippen molar-refractivity contribution in [2.75, 3.05) is 6.61 Å². The van der Waals surface area contributed by atoms with E-state index in [9.17, 15) is 0 Å². The molecular formula is C15H14Br2INO. The van der Waals surface area contributed by atoms with E-state index in [1.54, 1.807) is 0 Å². The average Bonchev–Trinajstić information content (AvgIpc) is 2.43. The molecule has 2 N–H and O–H groups in total. The highest BCUT2D eigenvalue weighted by atomic mass is 127. The number of halogens is 3. The molecule has 0 spiro atoms. The van der Waals surface area contributed by atoms with Crippen molar-refractivity contribution in [3.63, 3.8) is 0 Å². The third-order valence-corrected chi connectivity index (χ3v) is 5.00. The van der Waals surface area contributed by atoms with Crippen LogP contribution in [-0.2, 0) is 0 Å². The second-order valence-electron chi connectivity index (χ2n) is 4.27. The molecule has 0 saturated heterocycles. The quantitative estimate of drug-likeness (QED) is 0.569. The van der Waals surface area contributed by atoms with Crippen LogP contribution in [0.1, 0.15) is 24.1 Å². The standard InChI is InChI=1S/C15H14Br2INO/c1-2-20-14-6-3-9(7-12(14)17)15(19)11-8-10(16)4-5-13(11)18/h3-8,15H,2,19H2,1H3. The Morgan fingerprint density at radius 2 is 1.95 bits per heavy atom. The lowest BCUT2D eigenvalue weighted by Gasteiger charge is -2.16. The van der Waals surface area contributed by atoms with Gasteiger partial charge in [0.1, 0.15) is 5.75 Å². The van der Waals surface area contributed by atoms with E-state index >= 15 is 0 Å². The van der Waals surface area contributed by atoms with E-state index in [0.29, 0.717) is 6.61 Å². The van der Waals surface area contributed by atoms with Crippen molar-refractivity contribution in [3.8, 4) is 5.75 Å². The molecule has 2 aromatic rings. The van der Waals surface area contributed by atoms with Gasteiger partial charge in [-0.3, -0.25) is 0 Å². The van der Waals surface area contributed by atoms with Crippen LogP contribution in [0.3, 0.4) is 0 Å². The number of rotatable bonds is 4. The lowest BCUT2D eigenvalue weighted by molar-refractivity contribution is 0.338. The Morgan fingerprint density at radius 1 is 1.20 bits per heavy atom. The number of hydrogen-bond acceptors (Lipinski definition) is 2. The summed E-state index contributed by atoms with van der Waals surface area (Å²) in [5.74, 6) is 0.840. The smallest absolute Gasteiger partial charge is 0.133 e. The minimum atomic E-state index is -0.161. The van der Waals surface area contributed by atoms with Crippen molar-refractivity contribution in [1.29, 1.82) is 0 Å².